The molecule has 0 spiro atoms. The molecule has 122 valence electrons. The molecule has 1 rings (SSSR count). The van der Waals surface area contributed by atoms with Gasteiger partial charge in [-0.2, -0.15) is 0 Å². The fraction of sp³-hybridized carbons (Fsp3) is 0.875. The second-order valence-electron chi connectivity index (χ2n) is 6.03. The first kappa shape index (κ1) is 18.0. The largest absolute Gasteiger partial charge is 0.379 e. The summed E-state index contributed by atoms with van der Waals surface area (Å²) in [6.45, 7) is 5.24. The highest BCUT2D eigenvalue weighted by atomic mass is 16.5. The van der Waals surface area contributed by atoms with Gasteiger partial charge in [-0.25, -0.2) is 0 Å². The summed E-state index contributed by atoms with van der Waals surface area (Å²) in [6, 6.07) is 0.322. The van der Waals surface area contributed by atoms with E-state index in [0.29, 0.717) is 19.2 Å². The van der Waals surface area contributed by atoms with Crippen molar-refractivity contribution in [3.8, 4) is 0 Å². The topological polar surface area (TPSA) is 67.4 Å². The molecule has 2 amide bonds. The Kier molecular flexibility index (Phi) is 9.06. The van der Waals surface area contributed by atoms with Crippen molar-refractivity contribution >= 4 is 11.8 Å². The number of rotatable bonds is 9. The molecule has 0 aromatic heterocycles. The lowest BCUT2D eigenvalue weighted by molar-refractivity contribution is -0.127. The van der Waals surface area contributed by atoms with Crippen molar-refractivity contribution in [3.05, 3.63) is 0 Å². The van der Waals surface area contributed by atoms with Gasteiger partial charge in [0.05, 0.1) is 6.10 Å². The lowest BCUT2D eigenvalue weighted by Crippen LogP contribution is -2.37. The van der Waals surface area contributed by atoms with Gasteiger partial charge in [0.1, 0.15) is 0 Å². The molecule has 1 saturated carbocycles. The first-order chi connectivity index (χ1) is 10.1. The number of carbonyl (C=O) groups excluding carboxylic acids is 2. The van der Waals surface area contributed by atoms with Gasteiger partial charge in [-0.3, -0.25) is 9.59 Å². The van der Waals surface area contributed by atoms with Crippen molar-refractivity contribution in [1.82, 2.24) is 10.6 Å². The summed E-state index contributed by atoms with van der Waals surface area (Å²) in [4.78, 5) is 23.4. The quantitative estimate of drug-likeness (QED) is 0.641. The Balaban J connectivity index is 1.99. The van der Waals surface area contributed by atoms with Gasteiger partial charge in [0.25, 0.3) is 0 Å². The van der Waals surface area contributed by atoms with Crippen LogP contribution in [-0.4, -0.2) is 37.1 Å². The molecular weight excluding hydrogens is 268 g/mol. The highest BCUT2D eigenvalue weighted by molar-refractivity contribution is 5.83. The fourth-order valence-corrected chi connectivity index (χ4v) is 2.48. The van der Waals surface area contributed by atoms with Crippen molar-refractivity contribution in [2.45, 2.75) is 77.4 Å². The smallest absolute Gasteiger partial charge is 0.220 e. The van der Waals surface area contributed by atoms with Gasteiger partial charge in [0.2, 0.25) is 11.8 Å². The predicted octanol–water partition coefficient (Wildman–Crippen LogP) is 2.15. The molecule has 2 N–H and O–H groups in total. The molecule has 1 aliphatic rings. The third kappa shape index (κ3) is 9.45. The second-order valence-corrected chi connectivity index (χ2v) is 6.03. The van der Waals surface area contributed by atoms with Crippen LogP contribution in [0.1, 0.15) is 65.2 Å². The van der Waals surface area contributed by atoms with Crippen molar-refractivity contribution < 1.29 is 14.3 Å². The third-order valence-corrected chi connectivity index (χ3v) is 3.64. The van der Waals surface area contributed by atoms with Crippen LogP contribution in [-0.2, 0) is 14.3 Å². The summed E-state index contributed by atoms with van der Waals surface area (Å²) in [5.41, 5.74) is 0. The van der Waals surface area contributed by atoms with Crippen LogP contribution in [0.5, 0.6) is 0 Å². The van der Waals surface area contributed by atoms with E-state index in [9.17, 15) is 9.59 Å². The Morgan fingerprint density at radius 1 is 1.10 bits per heavy atom. The van der Waals surface area contributed by atoms with Crippen LogP contribution >= 0.6 is 0 Å². The van der Waals surface area contributed by atoms with Crippen LogP contribution in [0, 0.1) is 0 Å². The lowest BCUT2D eigenvalue weighted by Gasteiger charge is -2.22. The van der Waals surface area contributed by atoms with Crippen LogP contribution in [0.15, 0.2) is 0 Å². The molecule has 0 bridgehead atoms. The van der Waals surface area contributed by atoms with Crippen LogP contribution in [0.3, 0.4) is 0 Å². The fourth-order valence-electron chi connectivity index (χ4n) is 2.48. The summed E-state index contributed by atoms with van der Waals surface area (Å²) in [7, 11) is 0. The standard InChI is InChI=1S/C16H30N2O3/c1-13(2)21-12-6-11-17-15(19)9-10-16(20)18-14-7-4-3-5-8-14/h13-14H,3-12H2,1-2H3,(H,17,19)(H,18,20). The SMILES string of the molecule is CC(C)OCCCNC(=O)CCC(=O)NC1CCCCC1. The van der Waals surface area contributed by atoms with E-state index in [1.54, 1.807) is 0 Å². The maximum Gasteiger partial charge on any atom is 0.220 e. The van der Waals surface area contributed by atoms with E-state index in [1.165, 1.54) is 19.3 Å². The number of hydrogen-bond donors (Lipinski definition) is 2. The van der Waals surface area contributed by atoms with Gasteiger partial charge in [0, 0.05) is 32.0 Å². The van der Waals surface area contributed by atoms with Gasteiger partial charge in [-0.15, -0.1) is 0 Å². The van der Waals surface area contributed by atoms with E-state index in [0.717, 1.165) is 19.3 Å². The number of nitrogens with one attached hydrogen (secondary N) is 2. The Labute approximate surface area is 128 Å². The lowest BCUT2D eigenvalue weighted by atomic mass is 9.95. The number of amides is 2. The van der Waals surface area contributed by atoms with Crippen LogP contribution in [0.2, 0.25) is 0 Å². The zero-order chi connectivity index (χ0) is 15.5. The zero-order valence-corrected chi connectivity index (χ0v) is 13.5. The van der Waals surface area contributed by atoms with Crippen LogP contribution in [0.4, 0.5) is 0 Å². The van der Waals surface area contributed by atoms with Crippen LogP contribution in [0.25, 0.3) is 0 Å². The molecule has 0 atom stereocenters. The van der Waals surface area contributed by atoms with Crippen molar-refractivity contribution in [2.24, 2.45) is 0 Å². The predicted molar refractivity (Wildman–Crippen MR) is 83.0 cm³/mol. The van der Waals surface area contributed by atoms with Gasteiger partial charge in [0.15, 0.2) is 0 Å². The molecular formula is C16H30N2O3. The molecule has 21 heavy (non-hydrogen) atoms. The maximum atomic E-state index is 11.8. The van der Waals surface area contributed by atoms with E-state index in [-0.39, 0.29) is 30.8 Å². The van der Waals surface area contributed by atoms with E-state index >= 15 is 0 Å². The molecule has 0 aromatic carbocycles. The van der Waals surface area contributed by atoms with Crippen molar-refractivity contribution in [3.63, 3.8) is 0 Å². The summed E-state index contributed by atoms with van der Waals surface area (Å²) in [5, 5.41) is 5.84. The molecule has 1 aliphatic carbocycles. The molecule has 0 aliphatic heterocycles. The average molecular weight is 298 g/mol. The molecule has 0 aromatic rings. The summed E-state index contributed by atoms with van der Waals surface area (Å²) >= 11 is 0. The summed E-state index contributed by atoms with van der Waals surface area (Å²) in [5.74, 6) is -0.0569. The van der Waals surface area contributed by atoms with Gasteiger partial charge in [-0.05, 0) is 33.1 Å². The summed E-state index contributed by atoms with van der Waals surface area (Å²) < 4.78 is 5.39. The second kappa shape index (κ2) is 10.6. The van der Waals surface area contributed by atoms with Gasteiger partial charge < -0.3 is 15.4 Å². The van der Waals surface area contributed by atoms with E-state index in [4.69, 9.17) is 4.74 Å². The number of ether oxygens (including phenoxy) is 1. The number of carbonyl (C=O) groups is 2. The molecule has 5 nitrogen and oxygen atoms in total. The normalized spacial score (nSPS) is 16.0. The molecule has 0 unspecified atom stereocenters. The Morgan fingerprint density at radius 3 is 2.43 bits per heavy atom. The molecule has 0 saturated heterocycles. The van der Waals surface area contributed by atoms with E-state index in [2.05, 4.69) is 10.6 Å². The third-order valence-electron chi connectivity index (χ3n) is 3.64. The highest BCUT2D eigenvalue weighted by Gasteiger charge is 2.16. The highest BCUT2D eigenvalue weighted by Crippen LogP contribution is 2.17. The molecule has 0 heterocycles. The van der Waals surface area contributed by atoms with Crippen LogP contribution < -0.4 is 10.6 Å². The Morgan fingerprint density at radius 2 is 1.76 bits per heavy atom. The first-order valence-corrected chi connectivity index (χ1v) is 8.25. The minimum Gasteiger partial charge on any atom is -0.379 e. The molecule has 0 radical (unpaired) electrons. The first-order valence-electron chi connectivity index (χ1n) is 8.25. The minimum atomic E-state index is -0.0571. The molecule has 5 heteroatoms. The number of hydrogen-bond acceptors (Lipinski definition) is 3. The Hall–Kier alpha value is -1.10. The monoisotopic (exact) mass is 298 g/mol. The maximum absolute atomic E-state index is 11.8. The van der Waals surface area contributed by atoms with E-state index in [1.807, 2.05) is 13.8 Å². The summed E-state index contributed by atoms with van der Waals surface area (Å²) in [6.07, 6.45) is 7.40. The minimum absolute atomic E-state index is 0.000177. The molecule has 1 fully saturated rings. The average Bonchev–Trinajstić information content (AvgIpc) is 2.45. The van der Waals surface area contributed by atoms with Gasteiger partial charge >= 0.3 is 0 Å². The Bertz CT molecular complexity index is 313. The van der Waals surface area contributed by atoms with E-state index < -0.39 is 0 Å². The van der Waals surface area contributed by atoms with Crippen molar-refractivity contribution in [1.29, 1.82) is 0 Å². The van der Waals surface area contributed by atoms with Crippen molar-refractivity contribution in [2.75, 3.05) is 13.2 Å². The van der Waals surface area contributed by atoms with Gasteiger partial charge in [-0.1, -0.05) is 19.3 Å². The zero-order valence-electron chi connectivity index (χ0n) is 13.5.